The van der Waals surface area contributed by atoms with Crippen LogP contribution >= 0.6 is 11.3 Å². The Morgan fingerprint density at radius 3 is 3.00 bits per heavy atom. The van der Waals surface area contributed by atoms with Crippen LogP contribution in [-0.2, 0) is 0 Å². The van der Waals surface area contributed by atoms with Gasteiger partial charge in [-0.1, -0.05) is 6.07 Å². The number of pyridine rings is 1. The summed E-state index contributed by atoms with van der Waals surface area (Å²) in [4.78, 5) is 8.17. The van der Waals surface area contributed by atoms with Crippen molar-refractivity contribution in [2.24, 2.45) is 0 Å². The van der Waals surface area contributed by atoms with Crippen molar-refractivity contribution in [3.8, 4) is 10.7 Å². The highest BCUT2D eigenvalue weighted by atomic mass is 32.1. The Bertz CT molecular complexity index is 315. The summed E-state index contributed by atoms with van der Waals surface area (Å²) in [5, 5.41) is 2.75. The fraction of sp³-hybridized carbons (Fsp3) is 0. The molecular formula is C8H5N2S. The van der Waals surface area contributed by atoms with Gasteiger partial charge in [0.2, 0.25) is 0 Å². The van der Waals surface area contributed by atoms with Crippen LogP contribution in [0.15, 0.2) is 29.8 Å². The summed E-state index contributed by atoms with van der Waals surface area (Å²) in [6, 6.07) is 5.78. The van der Waals surface area contributed by atoms with Crippen LogP contribution in [0.3, 0.4) is 0 Å². The van der Waals surface area contributed by atoms with Crippen LogP contribution in [-0.4, -0.2) is 9.97 Å². The number of rotatable bonds is 1. The van der Waals surface area contributed by atoms with Gasteiger partial charge >= 0.3 is 0 Å². The zero-order chi connectivity index (χ0) is 7.52. The molecule has 11 heavy (non-hydrogen) atoms. The lowest BCUT2D eigenvalue weighted by Crippen LogP contribution is -1.78. The first-order valence-electron chi connectivity index (χ1n) is 3.20. The fourth-order valence-corrected chi connectivity index (χ4v) is 1.36. The largest absolute Gasteiger partial charge is 0.254 e. The predicted octanol–water partition coefficient (Wildman–Crippen LogP) is 2.01. The van der Waals surface area contributed by atoms with Crippen LogP contribution in [0.1, 0.15) is 0 Å². The van der Waals surface area contributed by atoms with E-state index < -0.39 is 0 Å². The van der Waals surface area contributed by atoms with E-state index in [9.17, 15) is 0 Å². The van der Waals surface area contributed by atoms with Gasteiger partial charge in [-0.2, -0.15) is 0 Å². The van der Waals surface area contributed by atoms with Crippen LogP contribution in [0, 0.1) is 6.20 Å². The zero-order valence-electron chi connectivity index (χ0n) is 5.69. The molecule has 0 bridgehead atoms. The maximum Gasteiger partial charge on any atom is 0.142 e. The first-order valence-corrected chi connectivity index (χ1v) is 4.08. The van der Waals surface area contributed by atoms with Crippen molar-refractivity contribution in [3.05, 3.63) is 36.0 Å². The van der Waals surface area contributed by atoms with Gasteiger partial charge in [-0.05, 0) is 12.1 Å². The second-order valence-electron chi connectivity index (χ2n) is 2.00. The summed E-state index contributed by atoms with van der Waals surface area (Å²) < 4.78 is 0. The van der Waals surface area contributed by atoms with Gasteiger partial charge in [-0.25, -0.2) is 4.98 Å². The molecule has 53 valence electrons. The second-order valence-corrected chi connectivity index (χ2v) is 2.85. The normalized spacial score (nSPS) is 9.82. The summed E-state index contributed by atoms with van der Waals surface area (Å²) in [5.41, 5.74) is 0.916. The highest BCUT2D eigenvalue weighted by Crippen LogP contribution is 2.17. The van der Waals surface area contributed by atoms with E-state index in [0.717, 1.165) is 10.7 Å². The Hall–Kier alpha value is -1.22. The summed E-state index contributed by atoms with van der Waals surface area (Å²) >= 11 is 1.55. The SMILES string of the molecule is [c]1csc(-c2ccccn2)n1. The monoisotopic (exact) mass is 161 g/mol. The first-order chi connectivity index (χ1) is 5.47. The molecule has 0 atom stereocenters. The molecule has 0 saturated carbocycles. The summed E-state index contributed by atoms with van der Waals surface area (Å²) in [6.07, 6.45) is 4.52. The molecule has 0 aliphatic heterocycles. The molecule has 0 aliphatic rings. The Kier molecular flexibility index (Phi) is 1.65. The van der Waals surface area contributed by atoms with E-state index in [1.165, 1.54) is 0 Å². The molecule has 2 heterocycles. The maximum atomic E-state index is 4.15. The van der Waals surface area contributed by atoms with Gasteiger partial charge in [0.15, 0.2) is 0 Å². The van der Waals surface area contributed by atoms with Crippen molar-refractivity contribution >= 4 is 11.3 Å². The lowest BCUT2D eigenvalue weighted by molar-refractivity contribution is 1.29. The molecular weight excluding hydrogens is 156 g/mol. The lowest BCUT2D eigenvalue weighted by atomic mass is 10.4. The molecule has 1 radical (unpaired) electrons. The van der Waals surface area contributed by atoms with E-state index >= 15 is 0 Å². The topological polar surface area (TPSA) is 25.8 Å². The van der Waals surface area contributed by atoms with Gasteiger partial charge in [0.25, 0.3) is 0 Å². The van der Waals surface area contributed by atoms with Gasteiger partial charge in [0, 0.05) is 11.6 Å². The third-order valence-corrected chi connectivity index (χ3v) is 2.02. The predicted molar refractivity (Wildman–Crippen MR) is 44.2 cm³/mol. The molecule has 0 saturated heterocycles. The van der Waals surface area contributed by atoms with Gasteiger partial charge in [-0.15, -0.1) is 11.3 Å². The van der Waals surface area contributed by atoms with Crippen molar-refractivity contribution in [1.82, 2.24) is 9.97 Å². The van der Waals surface area contributed by atoms with Crippen LogP contribution in [0.5, 0.6) is 0 Å². The van der Waals surface area contributed by atoms with Crippen LogP contribution in [0.25, 0.3) is 10.7 Å². The van der Waals surface area contributed by atoms with E-state index in [2.05, 4.69) is 16.2 Å². The van der Waals surface area contributed by atoms with E-state index in [0.29, 0.717) is 0 Å². The molecule has 0 unspecified atom stereocenters. The second kappa shape index (κ2) is 2.80. The first kappa shape index (κ1) is 6.49. The van der Waals surface area contributed by atoms with Crippen LogP contribution in [0.2, 0.25) is 0 Å². The van der Waals surface area contributed by atoms with Gasteiger partial charge in [0.05, 0.1) is 5.69 Å². The standard InChI is InChI=1S/C8H5N2S/c1-2-4-9-7(3-1)8-10-5-6-11-8/h1-4,6H. The van der Waals surface area contributed by atoms with E-state index in [1.54, 1.807) is 17.5 Å². The number of hydrogen-bond acceptors (Lipinski definition) is 3. The van der Waals surface area contributed by atoms with Gasteiger partial charge < -0.3 is 0 Å². The highest BCUT2D eigenvalue weighted by Gasteiger charge is 1.98. The van der Waals surface area contributed by atoms with Crippen molar-refractivity contribution in [2.75, 3.05) is 0 Å². The highest BCUT2D eigenvalue weighted by molar-refractivity contribution is 7.13. The van der Waals surface area contributed by atoms with Gasteiger partial charge in [-0.3, -0.25) is 4.98 Å². The van der Waals surface area contributed by atoms with Crippen LogP contribution in [0.4, 0.5) is 0 Å². The number of thiazole rings is 1. The molecule has 0 spiro atoms. The van der Waals surface area contributed by atoms with E-state index in [4.69, 9.17) is 0 Å². The quantitative estimate of drug-likeness (QED) is 0.639. The molecule has 0 aliphatic carbocycles. The lowest BCUT2D eigenvalue weighted by Gasteiger charge is -1.90. The third kappa shape index (κ3) is 1.28. The molecule has 3 heteroatoms. The molecule has 0 N–H and O–H groups in total. The Labute approximate surface area is 68.6 Å². The minimum Gasteiger partial charge on any atom is -0.254 e. The van der Waals surface area contributed by atoms with E-state index in [-0.39, 0.29) is 0 Å². The van der Waals surface area contributed by atoms with Gasteiger partial charge in [0.1, 0.15) is 11.2 Å². The molecule has 2 aromatic rings. The number of aromatic nitrogens is 2. The summed E-state index contributed by atoms with van der Waals surface area (Å²) in [6.45, 7) is 0. The number of hydrogen-bond donors (Lipinski definition) is 0. The van der Waals surface area contributed by atoms with E-state index in [1.807, 2.05) is 23.6 Å². The summed E-state index contributed by atoms with van der Waals surface area (Å²) in [5.74, 6) is 0. The maximum absolute atomic E-state index is 4.15. The Morgan fingerprint density at radius 2 is 2.36 bits per heavy atom. The minimum atomic E-state index is 0.916. The van der Waals surface area contributed by atoms with Crippen molar-refractivity contribution in [2.45, 2.75) is 0 Å². The van der Waals surface area contributed by atoms with Crippen molar-refractivity contribution in [3.63, 3.8) is 0 Å². The molecule has 2 nitrogen and oxygen atoms in total. The number of nitrogens with zero attached hydrogens (tertiary/aromatic N) is 2. The fourth-order valence-electron chi connectivity index (χ4n) is 0.800. The average molecular weight is 161 g/mol. The van der Waals surface area contributed by atoms with Crippen molar-refractivity contribution < 1.29 is 0 Å². The molecule has 0 fully saturated rings. The average Bonchev–Trinajstić information content (AvgIpc) is 2.58. The zero-order valence-corrected chi connectivity index (χ0v) is 6.51. The van der Waals surface area contributed by atoms with Crippen molar-refractivity contribution in [1.29, 1.82) is 0 Å². The smallest absolute Gasteiger partial charge is 0.142 e. The summed E-state index contributed by atoms with van der Waals surface area (Å²) in [7, 11) is 0. The third-order valence-electron chi connectivity index (χ3n) is 1.27. The Balaban J connectivity index is 2.46. The van der Waals surface area contributed by atoms with Crippen LogP contribution < -0.4 is 0 Å². The molecule has 2 aromatic heterocycles. The molecule has 0 amide bonds. The molecule has 0 aromatic carbocycles. The Morgan fingerprint density at radius 1 is 1.36 bits per heavy atom. The molecule has 2 rings (SSSR count). The minimum absolute atomic E-state index is 0.916.